The summed E-state index contributed by atoms with van der Waals surface area (Å²) in [4.78, 5) is 0.218. The predicted octanol–water partition coefficient (Wildman–Crippen LogP) is 3.40. The molecule has 1 aliphatic heterocycles. The van der Waals surface area contributed by atoms with Crippen LogP contribution in [0.1, 0.15) is 25.7 Å². The van der Waals surface area contributed by atoms with Gasteiger partial charge in [-0.25, -0.2) is 13.1 Å². The highest BCUT2D eigenvalue weighted by Crippen LogP contribution is 2.39. The van der Waals surface area contributed by atoms with Crippen molar-refractivity contribution >= 4 is 48.7 Å². The number of nitrogens with zero attached hydrogens (tertiary/aromatic N) is 2. The molecule has 0 amide bonds. The third kappa shape index (κ3) is 2.49. The van der Waals surface area contributed by atoms with Gasteiger partial charge in [-0.05, 0) is 25.0 Å². The largest absolute Gasteiger partial charge is 0.243 e. The zero-order valence-corrected chi connectivity index (χ0v) is 13.9. The Kier molecular flexibility index (Phi) is 3.83. The van der Waals surface area contributed by atoms with E-state index in [0.717, 1.165) is 37.0 Å². The molecule has 0 spiro atoms. The molecular weight excluding hydrogens is 362 g/mol. The van der Waals surface area contributed by atoms with E-state index in [1.165, 1.54) is 0 Å². The van der Waals surface area contributed by atoms with E-state index >= 15 is 0 Å². The first-order chi connectivity index (χ1) is 9.56. The van der Waals surface area contributed by atoms with Gasteiger partial charge in [-0.2, -0.15) is 8.73 Å². The van der Waals surface area contributed by atoms with E-state index in [0.29, 0.717) is 16.7 Å². The van der Waals surface area contributed by atoms with Crippen LogP contribution in [0, 0.1) is 0 Å². The van der Waals surface area contributed by atoms with Crippen LogP contribution in [0.15, 0.2) is 31.8 Å². The van der Waals surface area contributed by atoms with Crippen LogP contribution in [0.25, 0.3) is 0 Å². The molecule has 0 bridgehead atoms. The smallest absolute Gasteiger partial charge is 0.207 e. The van der Waals surface area contributed by atoms with Crippen molar-refractivity contribution in [1.82, 2.24) is 4.72 Å². The molecule has 0 unspecified atom stereocenters. The third-order valence-electron chi connectivity index (χ3n) is 3.71. The maximum Gasteiger partial charge on any atom is 0.243 e. The number of halogens is 1. The van der Waals surface area contributed by atoms with E-state index in [1.54, 1.807) is 18.2 Å². The zero-order valence-electron chi connectivity index (χ0n) is 10.7. The van der Waals surface area contributed by atoms with Crippen LogP contribution in [0.5, 0.6) is 0 Å². The van der Waals surface area contributed by atoms with Crippen LogP contribution in [0.2, 0.25) is 0 Å². The van der Waals surface area contributed by atoms with Gasteiger partial charge in [-0.1, -0.05) is 34.8 Å². The highest BCUT2D eigenvalue weighted by molar-refractivity contribution is 9.09. The number of sulfonamides is 1. The van der Waals surface area contributed by atoms with Gasteiger partial charge in [0.2, 0.25) is 10.0 Å². The van der Waals surface area contributed by atoms with E-state index in [1.807, 2.05) is 0 Å². The van der Waals surface area contributed by atoms with Crippen LogP contribution in [0.3, 0.4) is 0 Å². The zero-order chi connectivity index (χ0) is 14.2. The Balaban J connectivity index is 1.97. The van der Waals surface area contributed by atoms with Crippen LogP contribution in [-0.4, -0.2) is 19.3 Å². The number of hydrogen-bond acceptors (Lipinski definition) is 4. The summed E-state index contributed by atoms with van der Waals surface area (Å²) >= 11 is 4.48. The van der Waals surface area contributed by atoms with Gasteiger partial charge in [0.25, 0.3) is 0 Å². The van der Waals surface area contributed by atoms with Crippen molar-refractivity contribution in [1.29, 1.82) is 0 Å². The van der Waals surface area contributed by atoms with E-state index in [4.69, 9.17) is 0 Å². The monoisotopic (exact) mass is 375 g/mol. The topological polar surface area (TPSA) is 70.9 Å². The molecule has 0 aromatic heterocycles. The molecule has 1 aromatic carbocycles. The molecule has 1 aliphatic carbocycles. The SMILES string of the molecule is O=S(=O)(NC1(CBr)CCCC1)c1cccc2c1N=S=N2. The van der Waals surface area contributed by atoms with Crippen LogP contribution >= 0.6 is 15.9 Å². The minimum Gasteiger partial charge on any atom is -0.207 e. The van der Waals surface area contributed by atoms with Crippen molar-refractivity contribution < 1.29 is 8.42 Å². The number of fused-ring (bicyclic) bond motifs is 1. The molecule has 1 saturated carbocycles. The fraction of sp³-hybridized carbons (Fsp3) is 0.500. The lowest BCUT2D eigenvalue weighted by Crippen LogP contribution is -2.47. The van der Waals surface area contributed by atoms with Gasteiger partial charge < -0.3 is 0 Å². The second-order valence-electron chi connectivity index (χ2n) is 5.11. The Hall–Kier alpha value is -0.570. The minimum absolute atomic E-state index is 0.218. The van der Waals surface area contributed by atoms with Crippen molar-refractivity contribution in [2.24, 2.45) is 8.73 Å². The fourth-order valence-corrected chi connectivity index (χ4v) is 5.77. The molecule has 0 radical (unpaired) electrons. The Labute approximate surface area is 130 Å². The van der Waals surface area contributed by atoms with E-state index in [-0.39, 0.29) is 10.4 Å². The quantitative estimate of drug-likeness (QED) is 0.831. The fourth-order valence-electron chi connectivity index (χ4n) is 2.65. The first-order valence-corrected chi connectivity index (χ1v) is 9.71. The van der Waals surface area contributed by atoms with E-state index in [9.17, 15) is 8.42 Å². The van der Waals surface area contributed by atoms with Crippen LogP contribution in [-0.2, 0) is 21.4 Å². The number of rotatable bonds is 4. The molecule has 108 valence electrons. The number of benzene rings is 1. The average molecular weight is 376 g/mol. The molecule has 2 aliphatic rings. The summed E-state index contributed by atoms with van der Waals surface area (Å²) in [5.41, 5.74) is 0.703. The molecule has 0 saturated heterocycles. The summed E-state index contributed by atoms with van der Waals surface area (Å²) in [6.07, 6.45) is 3.83. The second-order valence-corrected chi connectivity index (χ2v) is 7.85. The standard InChI is InChI=1S/C12H14BrN3O2S2/c13-8-12(6-1-2-7-12)16-20(17,18)10-5-3-4-9-11(10)15-19-14-9/h3-5,16H,1-2,6-8H2. The first-order valence-electron chi connectivity index (χ1n) is 6.38. The van der Waals surface area contributed by atoms with Crippen LogP contribution in [0.4, 0.5) is 11.4 Å². The van der Waals surface area contributed by atoms with Gasteiger partial charge in [0.1, 0.15) is 16.3 Å². The molecule has 1 N–H and O–H groups in total. The average Bonchev–Trinajstić information content (AvgIpc) is 3.06. The van der Waals surface area contributed by atoms with Gasteiger partial charge in [-0.15, -0.1) is 0 Å². The number of nitrogens with one attached hydrogen (secondary N) is 1. The Morgan fingerprint density at radius 1 is 1.30 bits per heavy atom. The van der Waals surface area contributed by atoms with Crippen molar-refractivity contribution in [3.8, 4) is 0 Å². The third-order valence-corrected chi connectivity index (χ3v) is 6.93. The summed E-state index contributed by atoms with van der Waals surface area (Å²) in [5, 5.41) is 0.629. The van der Waals surface area contributed by atoms with Gasteiger partial charge in [-0.3, -0.25) is 0 Å². The molecule has 0 atom stereocenters. The number of hydrogen-bond donors (Lipinski definition) is 1. The van der Waals surface area contributed by atoms with Crippen LogP contribution < -0.4 is 4.72 Å². The van der Waals surface area contributed by atoms with E-state index in [2.05, 4.69) is 29.4 Å². The predicted molar refractivity (Wildman–Crippen MR) is 83.3 cm³/mol. The van der Waals surface area contributed by atoms with Crippen molar-refractivity contribution in [3.63, 3.8) is 0 Å². The Morgan fingerprint density at radius 2 is 2.05 bits per heavy atom. The summed E-state index contributed by atoms with van der Waals surface area (Å²) in [6, 6.07) is 5.06. The minimum atomic E-state index is -3.59. The summed E-state index contributed by atoms with van der Waals surface area (Å²) in [6.45, 7) is 0. The molecule has 8 heteroatoms. The summed E-state index contributed by atoms with van der Waals surface area (Å²) < 4.78 is 36.4. The summed E-state index contributed by atoms with van der Waals surface area (Å²) in [5.74, 6) is 0. The molecule has 1 aromatic rings. The van der Waals surface area contributed by atoms with Crippen molar-refractivity contribution in [2.75, 3.05) is 5.33 Å². The maximum atomic E-state index is 12.7. The Bertz CT molecular complexity index is 705. The van der Waals surface area contributed by atoms with Crippen molar-refractivity contribution in [3.05, 3.63) is 18.2 Å². The lowest BCUT2D eigenvalue weighted by Gasteiger charge is -2.27. The molecule has 5 nitrogen and oxygen atoms in total. The van der Waals surface area contributed by atoms with Crippen molar-refractivity contribution in [2.45, 2.75) is 36.1 Å². The second kappa shape index (κ2) is 5.32. The number of alkyl halides is 1. The van der Waals surface area contributed by atoms with Gasteiger partial charge in [0, 0.05) is 10.9 Å². The van der Waals surface area contributed by atoms with E-state index < -0.39 is 10.0 Å². The molecule has 3 rings (SSSR count). The maximum absolute atomic E-state index is 12.7. The van der Waals surface area contributed by atoms with Gasteiger partial charge in [0.05, 0.1) is 11.4 Å². The lowest BCUT2D eigenvalue weighted by molar-refractivity contribution is 0.438. The van der Waals surface area contributed by atoms with Gasteiger partial charge >= 0.3 is 0 Å². The highest BCUT2D eigenvalue weighted by atomic mass is 79.9. The molecule has 20 heavy (non-hydrogen) atoms. The first kappa shape index (κ1) is 14.4. The summed E-state index contributed by atoms with van der Waals surface area (Å²) in [7, 11) is -3.59. The molecule has 1 heterocycles. The Morgan fingerprint density at radius 3 is 2.75 bits per heavy atom. The molecule has 1 fully saturated rings. The lowest BCUT2D eigenvalue weighted by atomic mass is 10.0. The molecular formula is C12H14BrN3O2S2. The highest BCUT2D eigenvalue weighted by Gasteiger charge is 2.38. The normalized spacial score (nSPS) is 19.9. The van der Waals surface area contributed by atoms with Gasteiger partial charge in [0.15, 0.2) is 0 Å².